The van der Waals surface area contributed by atoms with Gasteiger partial charge in [0.15, 0.2) is 0 Å². The van der Waals surface area contributed by atoms with Crippen molar-refractivity contribution in [2.45, 2.75) is 50.9 Å². The van der Waals surface area contributed by atoms with Crippen molar-refractivity contribution in [2.24, 2.45) is 0 Å². The average molecular weight is 340 g/mol. The molecule has 1 aliphatic carbocycles. The van der Waals surface area contributed by atoms with E-state index in [2.05, 4.69) is 6.92 Å². The third kappa shape index (κ3) is 3.46. The first-order valence-corrected chi connectivity index (χ1v) is 9.20. The van der Waals surface area contributed by atoms with Gasteiger partial charge < -0.3 is 4.74 Å². The van der Waals surface area contributed by atoms with Gasteiger partial charge in [-0.3, -0.25) is 4.79 Å². The molecular formula is C22H25FO2. The van der Waals surface area contributed by atoms with E-state index in [-0.39, 0.29) is 11.6 Å². The van der Waals surface area contributed by atoms with Crippen LogP contribution in [0.4, 0.5) is 4.39 Å². The first-order chi connectivity index (χ1) is 12.2. The molecule has 0 aliphatic heterocycles. The summed E-state index contributed by atoms with van der Waals surface area (Å²) >= 11 is 0. The minimum Gasteiger partial charge on any atom is -0.494 e. The summed E-state index contributed by atoms with van der Waals surface area (Å²) in [6.45, 7) is 2.81. The Morgan fingerprint density at radius 3 is 2.52 bits per heavy atom. The third-order valence-corrected chi connectivity index (χ3v) is 5.13. The topological polar surface area (TPSA) is 26.3 Å². The van der Waals surface area contributed by atoms with Crippen molar-refractivity contribution in [3.05, 3.63) is 65.5 Å². The number of Topliss-reactive ketones (excluding diaryl/α,β-unsaturated/α-hetero) is 1. The Kier molecular flexibility index (Phi) is 5.52. The zero-order chi connectivity index (χ0) is 17.7. The Labute approximate surface area is 149 Å². The van der Waals surface area contributed by atoms with Crippen molar-refractivity contribution in [2.75, 3.05) is 6.61 Å². The van der Waals surface area contributed by atoms with Crippen LogP contribution in [-0.2, 0) is 10.2 Å². The quantitative estimate of drug-likeness (QED) is 0.655. The van der Waals surface area contributed by atoms with Crippen molar-refractivity contribution < 1.29 is 13.9 Å². The van der Waals surface area contributed by atoms with Gasteiger partial charge in [-0.1, -0.05) is 50.1 Å². The Bertz CT molecular complexity index is 723. The molecule has 0 amide bonds. The predicted molar refractivity (Wildman–Crippen MR) is 97.5 cm³/mol. The molecule has 132 valence electrons. The number of halogens is 1. The third-order valence-electron chi connectivity index (χ3n) is 5.13. The molecule has 0 N–H and O–H groups in total. The second kappa shape index (κ2) is 7.81. The van der Waals surface area contributed by atoms with E-state index in [9.17, 15) is 9.18 Å². The average Bonchev–Trinajstić information content (AvgIpc) is 2.64. The van der Waals surface area contributed by atoms with Gasteiger partial charge >= 0.3 is 0 Å². The molecule has 1 aliphatic rings. The van der Waals surface area contributed by atoms with Crippen molar-refractivity contribution in [3.63, 3.8) is 0 Å². The van der Waals surface area contributed by atoms with Crippen LogP contribution in [0.25, 0.3) is 0 Å². The molecule has 1 unspecified atom stereocenters. The standard InChI is InChI=1S/C22H25FO2/c1-2-3-16-25-18-13-11-17(12-14-18)22(15-7-6-10-21(22)24)19-8-4-5-9-20(19)23/h4-5,8-9,11-14H,2-3,6-7,10,15-16H2,1H3. The molecule has 0 saturated heterocycles. The van der Waals surface area contributed by atoms with Crippen molar-refractivity contribution >= 4 is 5.78 Å². The van der Waals surface area contributed by atoms with E-state index in [1.165, 1.54) is 6.07 Å². The van der Waals surface area contributed by atoms with Gasteiger partial charge in [-0.15, -0.1) is 0 Å². The molecule has 0 bridgehead atoms. The van der Waals surface area contributed by atoms with Gasteiger partial charge in [-0.2, -0.15) is 0 Å². The molecule has 2 aromatic rings. The summed E-state index contributed by atoms with van der Waals surface area (Å²) in [6, 6.07) is 14.3. The van der Waals surface area contributed by atoms with Gasteiger partial charge in [0, 0.05) is 12.0 Å². The number of carbonyl (C=O) groups excluding carboxylic acids is 1. The molecule has 0 aromatic heterocycles. The molecule has 2 aromatic carbocycles. The van der Waals surface area contributed by atoms with Crippen LogP contribution >= 0.6 is 0 Å². The van der Waals surface area contributed by atoms with Gasteiger partial charge in [-0.25, -0.2) is 4.39 Å². The van der Waals surface area contributed by atoms with Crippen molar-refractivity contribution in [3.8, 4) is 5.75 Å². The molecule has 25 heavy (non-hydrogen) atoms. The summed E-state index contributed by atoms with van der Waals surface area (Å²) in [4.78, 5) is 13.0. The normalized spacial score (nSPS) is 20.5. The number of carbonyl (C=O) groups is 1. The SMILES string of the molecule is CCCCOc1ccc(C2(c3ccccc3F)CCCCC2=O)cc1. The first kappa shape index (κ1) is 17.7. The fourth-order valence-electron chi connectivity index (χ4n) is 3.75. The van der Waals surface area contributed by atoms with E-state index in [0.29, 0.717) is 25.0 Å². The summed E-state index contributed by atoms with van der Waals surface area (Å²) in [6.07, 6.45) is 5.07. The van der Waals surface area contributed by atoms with E-state index < -0.39 is 5.41 Å². The monoisotopic (exact) mass is 340 g/mol. The Morgan fingerprint density at radius 2 is 1.84 bits per heavy atom. The molecule has 1 saturated carbocycles. The number of rotatable bonds is 6. The van der Waals surface area contributed by atoms with Crippen LogP contribution in [0.5, 0.6) is 5.75 Å². The molecule has 0 heterocycles. The summed E-state index contributed by atoms with van der Waals surface area (Å²) in [5, 5.41) is 0. The highest BCUT2D eigenvalue weighted by atomic mass is 19.1. The van der Waals surface area contributed by atoms with E-state index >= 15 is 0 Å². The molecule has 1 fully saturated rings. The van der Waals surface area contributed by atoms with E-state index in [1.807, 2.05) is 30.3 Å². The van der Waals surface area contributed by atoms with Crippen LogP contribution in [-0.4, -0.2) is 12.4 Å². The van der Waals surface area contributed by atoms with E-state index in [1.54, 1.807) is 12.1 Å². The Hall–Kier alpha value is -2.16. The molecule has 0 spiro atoms. The van der Waals surface area contributed by atoms with Crippen LogP contribution in [0.2, 0.25) is 0 Å². The lowest BCUT2D eigenvalue weighted by Gasteiger charge is -2.37. The highest BCUT2D eigenvalue weighted by Gasteiger charge is 2.44. The van der Waals surface area contributed by atoms with Gasteiger partial charge in [0.25, 0.3) is 0 Å². The second-order valence-electron chi connectivity index (χ2n) is 6.74. The van der Waals surface area contributed by atoms with Gasteiger partial charge in [-0.05, 0) is 43.0 Å². The number of ketones is 1. The lowest BCUT2D eigenvalue weighted by Crippen LogP contribution is -2.40. The smallest absolute Gasteiger partial charge is 0.147 e. The molecule has 2 nitrogen and oxygen atoms in total. The first-order valence-electron chi connectivity index (χ1n) is 9.20. The zero-order valence-electron chi connectivity index (χ0n) is 14.8. The second-order valence-corrected chi connectivity index (χ2v) is 6.74. The highest BCUT2D eigenvalue weighted by molar-refractivity contribution is 5.94. The zero-order valence-corrected chi connectivity index (χ0v) is 14.8. The number of hydrogen-bond donors (Lipinski definition) is 0. The summed E-state index contributed by atoms with van der Waals surface area (Å²) in [5.41, 5.74) is 0.496. The summed E-state index contributed by atoms with van der Waals surface area (Å²) in [7, 11) is 0. The number of hydrogen-bond acceptors (Lipinski definition) is 2. The molecular weight excluding hydrogens is 315 g/mol. The fraction of sp³-hybridized carbons (Fsp3) is 0.409. The fourth-order valence-corrected chi connectivity index (χ4v) is 3.75. The Balaban J connectivity index is 1.98. The van der Waals surface area contributed by atoms with Gasteiger partial charge in [0.05, 0.1) is 12.0 Å². The van der Waals surface area contributed by atoms with Crippen LogP contribution in [0.15, 0.2) is 48.5 Å². The highest BCUT2D eigenvalue weighted by Crippen LogP contribution is 2.43. The minimum absolute atomic E-state index is 0.114. The molecule has 3 heteroatoms. The molecule has 3 rings (SSSR count). The van der Waals surface area contributed by atoms with Crippen molar-refractivity contribution in [1.82, 2.24) is 0 Å². The van der Waals surface area contributed by atoms with Crippen LogP contribution in [0.1, 0.15) is 56.6 Å². The summed E-state index contributed by atoms with van der Waals surface area (Å²) in [5.74, 6) is 0.605. The van der Waals surface area contributed by atoms with Gasteiger partial charge in [0.2, 0.25) is 0 Å². The molecule has 1 atom stereocenters. The van der Waals surface area contributed by atoms with Gasteiger partial charge in [0.1, 0.15) is 17.3 Å². The Morgan fingerprint density at radius 1 is 1.08 bits per heavy atom. The largest absolute Gasteiger partial charge is 0.494 e. The van der Waals surface area contributed by atoms with E-state index in [4.69, 9.17) is 4.74 Å². The maximum Gasteiger partial charge on any atom is 0.147 e. The lowest BCUT2D eigenvalue weighted by atomic mass is 9.64. The minimum atomic E-state index is -0.870. The maximum absolute atomic E-state index is 14.6. The number of unbranched alkanes of at least 4 members (excludes halogenated alkanes) is 1. The maximum atomic E-state index is 14.6. The van der Waals surface area contributed by atoms with Crippen LogP contribution < -0.4 is 4.74 Å². The van der Waals surface area contributed by atoms with E-state index in [0.717, 1.165) is 37.0 Å². The van der Waals surface area contributed by atoms with Crippen LogP contribution in [0, 0.1) is 5.82 Å². The van der Waals surface area contributed by atoms with Crippen molar-refractivity contribution in [1.29, 1.82) is 0 Å². The summed E-state index contributed by atoms with van der Waals surface area (Å²) < 4.78 is 20.3. The lowest BCUT2D eigenvalue weighted by molar-refractivity contribution is -0.125. The van der Waals surface area contributed by atoms with Crippen LogP contribution in [0.3, 0.4) is 0 Å². The number of ether oxygens (including phenoxy) is 1. The molecule has 0 radical (unpaired) electrons. The predicted octanol–water partition coefficient (Wildman–Crippen LogP) is 5.43. The number of benzene rings is 2.